The third-order valence-electron chi connectivity index (χ3n) is 4.85. The molecule has 0 spiro atoms. The number of nitrogens with zero attached hydrogens (tertiary/aromatic N) is 1. The van der Waals surface area contributed by atoms with Gasteiger partial charge in [-0.2, -0.15) is 0 Å². The quantitative estimate of drug-likeness (QED) is 0.703. The topological polar surface area (TPSA) is 94.2 Å². The van der Waals surface area contributed by atoms with Gasteiger partial charge in [-0.05, 0) is 43.3 Å². The molecule has 0 saturated carbocycles. The van der Waals surface area contributed by atoms with E-state index in [4.69, 9.17) is 14.2 Å². The van der Waals surface area contributed by atoms with Crippen LogP contribution in [0.25, 0.3) is 0 Å². The summed E-state index contributed by atoms with van der Waals surface area (Å²) < 4.78 is 15.7. The number of rotatable bonds is 7. The number of ether oxygens (including phenoxy) is 3. The van der Waals surface area contributed by atoms with E-state index < -0.39 is 23.9 Å². The van der Waals surface area contributed by atoms with E-state index in [1.54, 1.807) is 55.6 Å². The van der Waals surface area contributed by atoms with E-state index in [-0.39, 0.29) is 18.9 Å². The van der Waals surface area contributed by atoms with Crippen LogP contribution >= 0.6 is 0 Å². The number of hydrogen-bond acceptors (Lipinski definition) is 6. The molecule has 2 amide bonds. The Bertz CT molecular complexity index is 927. The second-order valence-electron chi connectivity index (χ2n) is 6.87. The average Bonchev–Trinajstić information content (AvgIpc) is 3.15. The summed E-state index contributed by atoms with van der Waals surface area (Å²) in [7, 11) is 3.08. The van der Waals surface area contributed by atoms with Crippen LogP contribution in [0.15, 0.2) is 48.5 Å². The lowest BCUT2D eigenvalue weighted by molar-refractivity contribution is -0.157. The van der Waals surface area contributed by atoms with E-state index in [0.717, 1.165) is 0 Å². The zero-order chi connectivity index (χ0) is 21.7. The average molecular weight is 412 g/mol. The van der Waals surface area contributed by atoms with Crippen molar-refractivity contribution in [2.75, 3.05) is 31.0 Å². The highest BCUT2D eigenvalue weighted by molar-refractivity contribution is 6.01. The van der Waals surface area contributed by atoms with Gasteiger partial charge in [0.15, 0.2) is 6.10 Å². The number of para-hydroxylation sites is 2. The molecular weight excluding hydrogens is 388 g/mol. The molecular formula is C22H24N2O6. The molecule has 0 unspecified atom stereocenters. The summed E-state index contributed by atoms with van der Waals surface area (Å²) in [5.74, 6) is -0.682. The molecule has 2 atom stereocenters. The van der Waals surface area contributed by atoms with Crippen molar-refractivity contribution in [3.05, 3.63) is 48.5 Å². The summed E-state index contributed by atoms with van der Waals surface area (Å²) in [6.45, 7) is 1.66. The normalized spacial score (nSPS) is 16.7. The Balaban J connectivity index is 1.58. The predicted octanol–water partition coefficient (Wildman–Crippen LogP) is 2.63. The van der Waals surface area contributed by atoms with Crippen molar-refractivity contribution in [3.8, 4) is 11.5 Å². The Morgan fingerprint density at radius 1 is 1.07 bits per heavy atom. The van der Waals surface area contributed by atoms with Crippen LogP contribution in [0.2, 0.25) is 0 Å². The molecule has 2 aromatic rings. The first-order chi connectivity index (χ1) is 14.4. The summed E-state index contributed by atoms with van der Waals surface area (Å²) in [6.07, 6.45) is -0.987. The summed E-state index contributed by atoms with van der Waals surface area (Å²) in [6, 6.07) is 13.9. The molecule has 0 bridgehead atoms. The maximum atomic E-state index is 12.5. The van der Waals surface area contributed by atoms with Crippen LogP contribution in [0.5, 0.6) is 11.5 Å². The van der Waals surface area contributed by atoms with Crippen molar-refractivity contribution in [2.45, 2.75) is 19.4 Å². The van der Waals surface area contributed by atoms with E-state index >= 15 is 0 Å². The monoisotopic (exact) mass is 412 g/mol. The van der Waals surface area contributed by atoms with Gasteiger partial charge < -0.3 is 24.4 Å². The van der Waals surface area contributed by atoms with E-state index in [9.17, 15) is 14.4 Å². The highest BCUT2D eigenvalue weighted by atomic mass is 16.5. The third-order valence-corrected chi connectivity index (χ3v) is 4.85. The number of esters is 1. The highest BCUT2D eigenvalue weighted by Crippen LogP contribution is 2.33. The Labute approximate surface area is 174 Å². The van der Waals surface area contributed by atoms with Crippen LogP contribution in [0.4, 0.5) is 11.4 Å². The molecule has 0 aliphatic carbocycles. The smallest absolute Gasteiger partial charge is 0.312 e. The summed E-state index contributed by atoms with van der Waals surface area (Å²) in [4.78, 5) is 38.8. The van der Waals surface area contributed by atoms with Gasteiger partial charge in [-0.3, -0.25) is 14.4 Å². The van der Waals surface area contributed by atoms with Crippen molar-refractivity contribution < 1.29 is 28.6 Å². The van der Waals surface area contributed by atoms with Crippen LogP contribution in [0.1, 0.15) is 13.3 Å². The lowest BCUT2D eigenvalue weighted by atomic mass is 10.1. The Morgan fingerprint density at radius 2 is 1.77 bits per heavy atom. The number of hydrogen-bond donors (Lipinski definition) is 1. The lowest BCUT2D eigenvalue weighted by Gasteiger charge is -2.20. The van der Waals surface area contributed by atoms with Crippen molar-refractivity contribution >= 4 is 29.2 Å². The molecule has 2 aromatic carbocycles. The van der Waals surface area contributed by atoms with Gasteiger partial charge in [0, 0.05) is 18.7 Å². The number of nitrogens with one attached hydrogen (secondary N) is 1. The molecule has 3 rings (SSSR count). The molecule has 1 saturated heterocycles. The number of carbonyl (C=O) groups is 3. The molecule has 1 heterocycles. The first-order valence-corrected chi connectivity index (χ1v) is 9.51. The molecule has 158 valence electrons. The van der Waals surface area contributed by atoms with Gasteiger partial charge in [-0.25, -0.2) is 0 Å². The van der Waals surface area contributed by atoms with Gasteiger partial charge in [0.25, 0.3) is 5.91 Å². The fourth-order valence-corrected chi connectivity index (χ4v) is 3.19. The fraction of sp³-hybridized carbons (Fsp3) is 0.318. The van der Waals surface area contributed by atoms with Crippen LogP contribution in [-0.4, -0.2) is 44.7 Å². The number of anilines is 2. The summed E-state index contributed by atoms with van der Waals surface area (Å²) in [5, 5.41) is 2.68. The molecule has 8 nitrogen and oxygen atoms in total. The maximum absolute atomic E-state index is 12.5. The van der Waals surface area contributed by atoms with Gasteiger partial charge in [0.05, 0.1) is 25.8 Å². The van der Waals surface area contributed by atoms with Crippen LogP contribution in [0.3, 0.4) is 0 Å². The molecule has 0 aromatic heterocycles. The molecule has 1 aliphatic rings. The van der Waals surface area contributed by atoms with Gasteiger partial charge in [-0.1, -0.05) is 12.1 Å². The van der Waals surface area contributed by atoms with Gasteiger partial charge in [0.1, 0.15) is 11.5 Å². The number of methoxy groups -OCH3 is 2. The van der Waals surface area contributed by atoms with Gasteiger partial charge in [-0.15, -0.1) is 0 Å². The van der Waals surface area contributed by atoms with Crippen LogP contribution in [0, 0.1) is 5.92 Å². The highest BCUT2D eigenvalue weighted by Gasteiger charge is 2.38. The van der Waals surface area contributed by atoms with Crippen LogP contribution in [-0.2, 0) is 19.1 Å². The zero-order valence-corrected chi connectivity index (χ0v) is 17.1. The molecule has 0 radical (unpaired) electrons. The largest absolute Gasteiger partial charge is 0.497 e. The first-order valence-electron chi connectivity index (χ1n) is 9.51. The molecule has 30 heavy (non-hydrogen) atoms. The Kier molecular flexibility index (Phi) is 6.56. The van der Waals surface area contributed by atoms with Gasteiger partial charge >= 0.3 is 5.97 Å². The lowest BCUT2D eigenvalue weighted by Crippen LogP contribution is -2.33. The van der Waals surface area contributed by atoms with E-state index in [0.29, 0.717) is 22.9 Å². The second-order valence-corrected chi connectivity index (χ2v) is 6.87. The number of carbonyl (C=O) groups excluding carboxylic acids is 3. The zero-order valence-electron chi connectivity index (χ0n) is 17.1. The van der Waals surface area contributed by atoms with Crippen molar-refractivity contribution in [1.82, 2.24) is 0 Å². The maximum Gasteiger partial charge on any atom is 0.312 e. The number of amides is 2. The second kappa shape index (κ2) is 9.30. The van der Waals surface area contributed by atoms with Crippen molar-refractivity contribution in [3.63, 3.8) is 0 Å². The minimum Gasteiger partial charge on any atom is -0.497 e. The molecule has 1 fully saturated rings. The van der Waals surface area contributed by atoms with Crippen molar-refractivity contribution in [2.24, 2.45) is 5.92 Å². The Morgan fingerprint density at radius 3 is 2.43 bits per heavy atom. The summed E-state index contributed by atoms with van der Waals surface area (Å²) >= 11 is 0. The standard InChI is InChI=1S/C22H24N2O6/c1-14(21(26)23-16-8-10-17(28-2)11-9-16)30-22(27)15-12-20(25)24(13-15)18-6-4-5-7-19(18)29-3/h4-11,14-15H,12-13H2,1-3H3,(H,23,26)/t14-,15-/m0/s1. The van der Waals surface area contributed by atoms with Crippen LogP contribution < -0.4 is 19.7 Å². The van der Waals surface area contributed by atoms with E-state index in [2.05, 4.69) is 5.32 Å². The SMILES string of the molecule is COc1ccc(NC(=O)[C@H](C)OC(=O)[C@H]2CC(=O)N(c3ccccc3OC)C2)cc1. The van der Waals surface area contributed by atoms with E-state index in [1.807, 2.05) is 0 Å². The minimum absolute atomic E-state index is 0.0176. The van der Waals surface area contributed by atoms with Gasteiger partial charge in [0.2, 0.25) is 5.91 Å². The first kappa shape index (κ1) is 21.2. The minimum atomic E-state index is -1.00. The third kappa shape index (κ3) is 4.71. The molecule has 1 N–H and O–H groups in total. The van der Waals surface area contributed by atoms with Crippen molar-refractivity contribution in [1.29, 1.82) is 0 Å². The summed E-state index contributed by atoms with van der Waals surface area (Å²) in [5.41, 5.74) is 1.16. The Hall–Kier alpha value is -3.55. The van der Waals surface area contributed by atoms with E-state index in [1.165, 1.54) is 18.9 Å². The molecule has 1 aliphatic heterocycles. The molecule has 8 heteroatoms. The predicted molar refractivity (Wildman–Crippen MR) is 111 cm³/mol. The number of benzene rings is 2. The fourth-order valence-electron chi connectivity index (χ4n) is 3.19.